The fraction of sp³-hybridized carbons (Fsp3) is 0.259. The summed E-state index contributed by atoms with van der Waals surface area (Å²) in [4.78, 5) is 27.9. The molecule has 3 aromatic carbocycles. The predicted molar refractivity (Wildman–Crippen MR) is 142 cm³/mol. The van der Waals surface area contributed by atoms with Crippen LogP contribution in [0, 0.1) is 13.8 Å². The van der Waals surface area contributed by atoms with Crippen molar-refractivity contribution in [1.82, 2.24) is 4.90 Å². The number of fused-ring (bicyclic) bond motifs is 1. The minimum atomic E-state index is -4.21. The van der Waals surface area contributed by atoms with Crippen molar-refractivity contribution in [3.63, 3.8) is 0 Å². The number of hydrogen-bond acceptors (Lipinski definition) is 4. The molecule has 1 atom stereocenters. The van der Waals surface area contributed by atoms with Crippen LogP contribution in [-0.4, -0.2) is 44.8 Å². The van der Waals surface area contributed by atoms with Gasteiger partial charge >= 0.3 is 0 Å². The molecule has 0 saturated heterocycles. The second kappa shape index (κ2) is 10.3. The second-order valence-corrected chi connectivity index (χ2v) is 11.1. The predicted octanol–water partition coefficient (Wildman–Crippen LogP) is 4.56. The molecule has 4 rings (SSSR count). The van der Waals surface area contributed by atoms with Crippen molar-refractivity contribution >= 4 is 44.8 Å². The van der Waals surface area contributed by atoms with Gasteiger partial charge in [0.1, 0.15) is 6.04 Å². The monoisotopic (exact) mass is 525 g/mol. The molecule has 0 spiro atoms. The lowest BCUT2D eigenvalue weighted by Crippen LogP contribution is -2.53. The molecule has 3 aromatic rings. The van der Waals surface area contributed by atoms with Crippen LogP contribution in [0.1, 0.15) is 23.1 Å². The highest BCUT2D eigenvalue weighted by Crippen LogP contribution is 2.38. The first-order valence-electron chi connectivity index (χ1n) is 11.6. The van der Waals surface area contributed by atoms with Crippen LogP contribution in [-0.2, 0) is 26.0 Å². The lowest BCUT2D eigenvalue weighted by Gasteiger charge is -2.37. The summed E-state index contributed by atoms with van der Waals surface area (Å²) in [5.74, 6) is -0.875. The van der Waals surface area contributed by atoms with Gasteiger partial charge in [0.05, 0.1) is 22.7 Å². The largest absolute Gasteiger partial charge is 0.345 e. The van der Waals surface area contributed by atoms with Gasteiger partial charge in [0.2, 0.25) is 11.8 Å². The number of benzene rings is 3. The summed E-state index contributed by atoms with van der Waals surface area (Å²) in [6.07, 6.45) is 0.352. The van der Waals surface area contributed by atoms with E-state index in [-0.39, 0.29) is 17.2 Å². The Morgan fingerprint density at radius 2 is 1.69 bits per heavy atom. The lowest BCUT2D eigenvalue weighted by molar-refractivity contribution is -0.132. The third kappa shape index (κ3) is 5.10. The topological polar surface area (TPSA) is 86.8 Å². The van der Waals surface area contributed by atoms with E-state index in [1.54, 1.807) is 51.2 Å². The Labute approximate surface area is 216 Å². The number of sulfonamides is 1. The van der Waals surface area contributed by atoms with Gasteiger partial charge in [-0.15, -0.1) is 0 Å². The number of halogens is 1. The summed E-state index contributed by atoms with van der Waals surface area (Å²) in [5, 5.41) is 3.22. The normalized spacial score (nSPS) is 15.3. The number of anilines is 2. The maximum absolute atomic E-state index is 14.0. The minimum absolute atomic E-state index is 0.0452. The SMILES string of the molecule is Cc1cc(S(=O)(=O)N2c3ccccc3NC(=O)[C@H]2CC(=O)N(C)CCc2ccccc2)c(C)cc1Cl. The van der Waals surface area contributed by atoms with E-state index < -0.39 is 22.0 Å². The van der Waals surface area contributed by atoms with Crippen LogP contribution in [0.3, 0.4) is 0 Å². The van der Waals surface area contributed by atoms with Crippen molar-refractivity contribution < 1.29 is 18.0 Å². The molecule has 0 unspecified atom stereocenters. The van der Waals surface area contributed by atoms with Crippen molar-refractivity contribution in [2.24, 2.45) is 0 Å². The molecular weight excluding hydrogens is 498 g/mol. The van der Waals surface area contributed by atoms with Gasteiger partial charge < -0.3 is 10.2 Å². The molecule has 0 aromatic heterocycles. The average molecular weight is 526 g/mol. The van der Waals surface area contributed by atoms with Gasteiger partial charge in [0.25, 0.3) is 10.0 Å². The number of rotatable bonds is 7. The van der Waals surface area contributed by atoms with E-state index in [1.807, 2.05) is 30.3 Å². The van der Waals surface area contributed by atoms with Gasteiger partial charge in [-0.3, -0.25) is 13.9 Å². The Hall–Kier alpha value is -3.36. The Bertz CT molecular complexity index is 1410. The lowest BCUT2D eigenvalue weighted by atomic mass is 10.1. The Morgan fingerprint density at radius 1 is 1.03 bits per heavy atom. The standard InChI is InChI=1S/C27H28ClN3O4S/c1-18-16-25(19(2)15-21(18)28)36(34,35)31-23-12-8-7-11-22(23)29-27(33)24(31)17-26(32)30(3)14-13-20-9-5-4-6-10-20/h4-12,15-16,24H,13-14,17H2,1-3H3,(H,29,33)/t24-/m1/s1. The van der Waals surface area contributed by atoms with Crippen molar-refractivity contribution in [3.05, 3.63) is 88.4 Å². The highest BCUT2D eigenvalue weighted by Gasteiger charge is 2.42. The van der Waals surface area contributed by atoms with Gasteiger partial charge in [-0.1, -0.05) is 54.1 Å². The molecule has 188 valence electrons. The molecule has 0 aliphatic carbocycles. The average Bonchev–Trinajstić information content (AvgIpc) is 2.85. The molecule has 9 heteroatoms. The van der Waals surface area contributed by atoms with Gasteiger partial charge in [-0.2, -0.15) is 0 Å². The quantitative estimate of drug-likeness (QED) is 0.490. The highest BCUT2D eigenvalue weighted by molar-refractivity contribution is 7.93. The maximum atomic E-state index is 14.0. The minimum Gasteiger partial charge on any atom is -0.345 e. The Kier molecular flexibility index (Phi) is 7.38. The molecule has 2 amide bonds. The summed E-state index contributed by atoms with van der Waals surface area (Å²) in [7, 11) is -2.55. The van der Waals surface area contributed by atoms with Crippen LogP contribution in [0.15, 0.2) is 71.6 Å². The molecule has 0 radical (unpaired) electrons. The maximum Gasteiger partial charge on any atom is 0.265 e. The number of para-hydroxylation sites is 2. The second-order valence-electron chi connectivity index (χ2n) is 8.94. The van der Waals surface area contributed by atoms with Crippen LogP contribution in [0.4, 0.5) is 11.4 Å². The molecule has 0 bridgehead atoms. The van der Waals surface area contributed by atoms with E-state index in [4.69, 9.17) is 11.6 Å². The third-order valence-electron chi connectivity index (χ3n) is 6.35. The molecule has 7 nitrogen and oxygen atoms in total. The first-order chi connectivity index (χ1) is 17.1. The summed E-state index contributed by atoms with van der Waals surface area (Å²) >= 11 is 6.21. The van der Waals surface area contributed by atoms with Crippen LogP contribution < -0.4 is 9.62 Å². The number of nitrogens with one attached hydrogen (secondary N) is 1. The van der Waals surface area contributed by atoms with Gasteiger partial charge in [-0.05, 0) is 61.2 Å². The molecule has 0 saturated carbocycles. The Balaban J connectivity index is 1.68. The van der Waals surface area contributed by atoms with Crippen LogP contribution >= 0.6 is 11.6 Å². The van der Waals surface area contributed by atoms with Crippen LogP contribution in [0.2, 0.25) is 5.02 Å². The molecule has 0 fully saturated rings. The van der Waals surface area contributed by atoms with E-state index in [0.717, 1.165) is 9.87 Å². The van der Waals surface area contributed by atoms with Crippen LogP contribution in [0.25, 0.3) is 0 Å². The van der Waals surface area contributed by atoms with Gasteiger partial charge in [-0.25, -0.2) is 8.42 Å². The molecule has 1 heterocycles. The number of amides is 2. The molecule has 1 aliphatic heterocycles. The fourth-order valence-corrected chi connectivity index (χ4v) is 6.41. The number of hydrogen-bond donors (Lipinski definition) is 1. The van der Waals surface area contributed by atoms with Gasteiger partial charge in [0, 0.05) is 18.6 Å². The van der Waals surface area contributed by atoms with Crippen molar-refractivity contribution in [3.8, 4) is 0 Å². The van der Waals surface area contributed by atoms with E-state index in [0.29, 0.717) is 40.5 Å². The number of likely N-dealkylation sites (N-methyl/N-ethyl adjacent to an activating group) is 1. The zero-order valence-corrected chi connectivity index (χ0v) is 21.9. The van der Waals surface area contributed by atoms with Crippen LogP contribution in [0.5, 0.6) is 0 Å². The molecule has 1 aliphatic rings. The zero-order valence-electron chi connectivity index (χ0n) is 20.4. The fourth-order valence-electron chi connectivity index (χ4n) is 4.26. The Morgan fingerprint density at radius 3 is 2.42 bits per heavy atom. The summed E-state index contributed by atoms with van der Waals surface area (Å²) in [6, 6.07) is 18.3. The van der Waals surface area contributed by atoms with Crippen molar-refractivity contribution in [2.75, 3.05) is 23.2 Å². The third-order valence-corrected chi connectivity index (χ3v) is 8.72. The first kappa shape index (κ1) is 25.7. The number of nitrogens with zero attached hydrogens (tertiary/aromatic N) is 2. The van der Waals surface area contributed by atoms with Gasteiger partial charge in [0.15, 0.2) is 0 Å². The number of aryl methyl sites for hydroxylation is 2. The number of carbonyl (C=O) groups is 2. The highest BCUT2D eigenvalue weighted by atomic mass is 35.5. The zero-order chi connectivity index (χ0) is 26.0. The first-order valence-corrected chi connectivity index (χ1v) is 13.4. The van der Waals surface area contributed by atoms with Crippen molar-refractivity contribution in [1.29, 1.82) is 0 Å². The summed E-state index contributed by atoms with van der Waals surface area (Å²) in [5.41, 5.74) is 2.83. The van der Waals surface area contributed by atoms with Crippen molar-refractivity contribution in [2.45, 2.75) is 37.6 Å². The molecular formula is C27H28ClN3O4S. The number of carbonyl (C=O) groups excluding carboxylic acids is 2. The molecule has 1 N–H and O–H groups in total. The summed E-state index contributed by atoms with van der Waals surface area (Å²) < 4.78 is 29.1. The van der Waals surface area contributed by atoms with E-state index in [9.17, 15) is 18.0 Å². The smallest absolute Gasteiger partial charge is 0.265 e. The summed E-state index contributed by atoms with van der Waals surface area (Å²) in [6.45, 7) is 3.82. The molecule has 36 heavy (non-hydrogen) atoms. The van der Waals surface area contributed by atoms with E-state index >= 15 is 0 Å². The van der Waals surface area contributed by atoms with E-state index in [2.05, 4.69) is 5.32 Å². The van der Waals surface area contributed by atoms with E-state index in [1.165, 1.54) is 11.0 Å².